The molecule has 0 saturated heterocycles. The molecule has 1 aromatic heterocycles. The van der Waals surface area contributed by atoms with E-state index in [1.807, 2.05) is 0 Å². The molecule has 0 aliphatic heterocycles. The van der Waals surface area contributed by atoms with Crippen LogP contribution < -0.4 is 0 Å². The first-order valence-electron chi connectivity index (χ1n) is 3.54. The summed E-state index contributed by atoms with van der Waals surface area (Å²) in [5.74, 6) is 0. The van der Waals surface area contributed by atoms with Crippen molar-refractivity contribution in [3.63, 3.8) is 0 Å². The number of nitrogens with zero attached hydrogens (tertiary/aromatic N) is 3. The minimum Gasteiger partial charge on any atom is -0.301 e. The number of halogens is 5. The van der Waals surface area contributed by atoms with Crippen molar-refractivity contribution < 1.29 is 30.7 Å². The zero-order valence-corrected chi connectivity index (χ0v) is 8.31. The van der Waals surface area contributed by atoms with Crippen molar-refractivity contribution >= 4 is 11.1 Å². The van der Waals surface area contributed by atoms with Gasteiger partial charge in [-0.05, 0) is 0 Å². The van der Waals surface area contributed by atoms with E-state index in [0.29, 0.717) is 0 Å². The summed E-state index contributed by atoms with van der Waals surface area (Å²) in [7, 11) is 0.884. The number of aromatic nitrogens is 3. The van der Waals surface area contributed by atoms with E-state index >= 15 is 0 Å². The molecule has 5 nitrogen and oxygen atoms in total. The van der Waals surface area contributed by atoms with Gasteiger partial charge in [-0.2, -0.15) is 31.8 Å². The summed E-state index contributed by atoms with van der Waals surface area (Å²) in [6, 6.07) is 0. The van der Waals surface area contributed by atoms with Crippen LogP contribution in [0.1, 0.15) is 11.4 Å². The van der Waals surface area contributed by atoms with Crippen LogP contribution >= 0.6 is 0 Å². The molecule has 0 radical (unpaired) electrons. The summed E-state index contributed by atoms with van der Waals surface area (Å²) in [4.78, 5) is 0.249. The van der Waals surface area contributed by atoms with Crippen molar-refractivity contribution in [2.24, 2.45) is 7.05 Å². The van der Waals surface area contributed by atoms with Crippen LogP contribution in [0.2, 0.25) is 0 Å². The summed E-state index contributed by atoms with van der Waals surface area (Å²) >= 11 is -3.81. The van der Waals surface area contributed by atoms with E-state index in [1.54, 1.807) is 0 Å². The summed E-state index contributed by atoms with van der Waals surface area (Å²) in [6.45, 7) is 0. The highest BCUT2D eigenvalue weighted by Gasteiger charge is 2.51. The smallest absolute Gasteiger partial charge is 0.301 e. The Morgan fingerprint density at radius 1 is 1.19 bits per heavy atom. The van der Waals surface area contributed by atoms with Gasteiger partial charge in [0, 0.05) is 7.05 Å². The van der Waals surface area contributed by atoms with Gasteiger partial charge in [0.2, 0.25) is 11.1 Å². The average Bonchev–Trinajstić information content (AvgIpc) is 2.46. The van der Waals surface area contributed by atoms with Crippen LogP contribution in [-0.2, 0) is 29.6 Å². The molecule has 1 rings (SSSR count). The lowest BCUT2D eigenvalue weighted by molar-refractivity contribution is -0.144. The summed E-state index contributed by atoms with van der Waals surface area (Å²) in [5, 5.41) is 0.812. The molecule has 0 saturated carbocycles. The summed E-state index contributed by atoms with van der Waals surface area (Å²) in [5.41, 5.74) is -3.86. The third-order valence-electron chi connectivity index (χ3n) is 1.48. The highest BCUT2D eigenvalue weighted by atomic mass is 32.2. The van der Waals surface area contributed by atoms with Gasteiger partial charge in [0.1, 0.15) is 0 Å². The van der Waals surface area contributed by atoms with Gasteiger partial charge in [-0.3, -0.25) is 0 Å². The second kappa shape index (κ2) is 3.73. The highest BCUT2D eigenvalue weighted by molar-refractivity contribution is 7.79. The topological polar surface area (TPSA) is 68.0 Å². The van der Waals surface area contributed by atoms with Crippen LogP contribution in [0.15, 0.2) is 0 Å². The molecule has 0 spiro atoms. The van der Waals surface area contributed by atoms with E-state index in [0.717, 1.165) is 7.05 Å². The second-order valence-electron chi connectivity index (χ2n) is 2.65. The fraction of sp³-hybridized carbons (Fsp3) is 0.600. The molecule has 0 fully saturated rings. The lowest BCUT2D eigenvalue weighted by Gasteiger charge is -2.11. The average molecular weight is 265 g/mol. The van der Waals surface area contributed by atoms with E-state index in [2.05, 4.69) is 10.2 Å². The van der Waals surface area contributed by atoms with Crippen molar-refractivity contribution in [2.75, 3.05) is 0 Å². The fourth-order valence-electron chi connectivity index (χ4n) is 0.876. The Balaban J connectivity index is 3.40. The molecule has 0 bridgehead atoms. The van der Waals surface area contributed by atoms with Gasteiger partial charge in [0.15, 0.2) is 11.4 Å². The Kier molecular flexibility index (Phi) is 3.02. The Morgan fingerprint density at radius 2 is 1.62 bits per heavy atom. The Labute approximate surface area is 87.5 Å². The van der Waals surface area contributed by atoms with Crippen LogP contribution in [0.5, 0.6) is 0 Å². The van der Waals surface area contributed by atoms with E-state index in [1.165, 1.54) is 0 Å². The molecule has 0 aliphatic rings. The maximum absolute atomic E-state index is 12.9. The largest absolute Gasteiger partial charge is 0.437 e. The van der Waals surface area contributed by atoms with Crippen LogP contribution in [-0.4, -0.2) is 23.8 Å². The van der Waals surface area contributed by atoms with E-state index in [-0.39, 0.29) is 4.80 Å². The second-order valence-corrected chi connectivity index (χ2v) is 3.66. The van der Waals surface area contributed by atoms with Gasteiger partial charge in [-0.25, -0.2) is 4.21 Å². The molecule has 1 aromatic rings. The lowest BCUT2D eigenvalue weighted by atomic mass is 10.3. The van der Waals surface area contributed by atoms with Gasteiger partial charge in [-0.1, -0.05) is 0 Å². The first-order chi connectivity index (χ1) is 7.06. The van der Waals surface area contributed by atoms with Gasteiger partial charge >= 0.3 is 11.4 Å². The van der Waals surface area contributed by atoms with Crippen LogP contribution in [0.4, 0.5) is 22.0 Å². The number of alkyl halides is 5. The predicted octanol–water partition coefficient (Wildman–Crippen LogP) is 1.10. The van der Waals surface area contributed by atoms with E-state index in [9.17, 15) is 26.2 Å². The standard InChI is InChI=1S/C5H4F5N3O2S/c1-13-11-2(4(6,7)8)3(12-13)5(9,10)16(14)15/h1H3,(H,14,15). The number of aryl methyl sites for hydroxylation is 1. The fourth-order valence-corrected chi connectivity index (χ4v) is 1.18. The normalized spacial score (nSPS) is 15.2. The maximum atomic E-state index is 12.9. The molecule has 16 heavy (non-hydrogen) atoms. The minimum atomic E-state index is -5.17. The molecule has 0 aliphatic carbocycles. The summed E-state index contributed by atoms with van der Waals surface area (Å²) < 4.78 is 80.9. The SMILES string of the molecule is Cn1nc(C(F)(F)F)c(C(F)(F)S(=O)O)n1. The van der Waals surface area contributed by atoms with Gasteiger partial charge in [-0.15, -0.1) is 5.10 Å². The van der Waals surface area contributed by atoms with Crippen LogP contribution in [0.3, 0.4) is 0 Å². The van der Waals surface area contributed by atoms with Crippen LogP contribution in [0, 0.1) is 0 Å². The quantitative estimate of drug-likeness (QED) is 0.642. The van der Waals surface area contributed by atoms with Gasteiger partial charge in [0.25, 0.3) is 0 Å². The Hall–Kier alpha value is -1.10. The molecular weight excluding hydrogens is 261 g/mol. The third-order valence-corrected chi connectivity index (χ3v) is 2.11. The molecule has 0 aromatic carbocycles. The zero-order chi connectivity index (χ0) is 12.7. The first kappa shape index (κ1) is 13.0. The lowest BCUT2D eigenvalue weighted by Crippen LogP contribution is -2.24. The highest BCUT2D eigenvalue weighted by Crippen LogP contribution is 2.38. The van der Waals surface area contributed by atoms with Gasteiger partial charge in [0.05, 0.1) is 0 Å². The number of rotatable bonds is 2. The molecule has 1 unspecified atom stereocenters. The molecule has 1 N–H and O–H groups in total. The minimum absolute atomic E-state index is 0.249. The van der Waals surface area contributed by atoms with E-state index in [4.69, 9.17) is 4.55 Å². The molecule has 1 heterocycles. The van der Waals surface area contributed by atoms with Crippen molar-refractivity contribution in [1.29, 1.82) is 0 Å². The van der Waals surface area contributed by atoms with Crippen molar-refractivity contribution in [3.05, 3.63) is 11.4 Å². The monoisotopic (exact) mass is 265 g/mol. The van der Waals surface area contributed by atoms with Crippen molar-refractivity contribution in [2.45, 2.75) is 11.4 Å². The molecule has 11 heteroatoms. The third kappa shape index (κ3) is 2.19. The maximum Gasteiger partial charge on any atom is 0.437 e. The Morgan fingerprint density at radius 3 is 2.00 bits per heavy atom. The Bertz CT molecular complexity index is 428. The number of hydrogen-bond donors (Lipinski definition) is 1. The zero-order valence-electron chi connectivity index (χ0n) is 7.50. The first-order valence-corrected chi connectivity index (χ1v) is 4.65. The predicted molar refractivity (Wildman–Crippen MR) is 40.7 cm³/mol. The van der Waals surface area contributed by atoms with Gasteiger partial charge < -0.3 is 4.55 Å². The molecule has 92 valence electrons. The van der Waals surface area contributed by atoms with Crippen molar-refractivity contribution in [1.82, 2.24) is 15.0 Å². The summed E-state index contributed by atoms with van der Waals surface area (Å²) in [6.07, 6.45) is -5.17. The molecule has 0 amide bonds. The van der Waals surface area contributed by atoms with E-state index < -0.39 is 33.9 Å². The molecule has 1 atom stereocenters. The van der Waals surface area contributed by atoms with Crippen molar-refractivity contribution in [3.8, 4) is 0 Å². The van der Waals surface area contributed by atoms with Crippen LogP contribution in [0.25, 0.3) is 0 Å². The molecular formula is C5H4F5N3O2S. The number of hydrogen-bond acceptors (Lipinski definition) is 3.